The molecule has 0 amide bonds. The van der Waals surface area contributed by atoms with Crippen LogP contribution < -0.4 is 0 Å². The van der Waals surface area contributed by atoms with Gasteiger partial charge in [-0.2, -0.15) is 0 Å². The van der Waals surface area contributed by atoms with Gasteiger partial charge in [-0.25, -0.2) is 4.39 Å². The molecule has 2 aromatic rings. The van der Waals surface area contributed by atoms with Crippen LogP contribution in [0, 0.1) is 15.9 Å². The zero-order chi connectivity index (χ0) is 12.4. The maximum Gasteiger partial charge on any atom is 0.270 e. The minimum atomic E-state index is -0.574. The Labute approximate surface area is 101 Å². The van der Waals surface area contributed by atoms with Gasteiger partial charge in [0.1, 0.15) is 5.82 Å². The summed E-state index contributed by atoms with van der Waals surface area (Å²) in [4.78, 5) is 13.7. The highest BCUT2D eigenvalue weighted by Gasteiger charge is 2.13. The molecule has 17 heavy (non-hydrogen) atoms. The molecule has 1 aromatic heterocycles. The summed E-state index contributed by atoms with van der Waals surface area (Å²) in [5.74, 6) is -0.574. The summed E-state index contributed by atoms with van der Waals surface area (Å²) in [5.41, 5.74) is 0.329. The van der Waals surface area contributed by atoms with Gasteiger partial charge in [-0.3, -0.25) is 15.1 Å². The van der Waals surface area contributed by atoms with E-state index < -0.39 is 10.7 Å². The predicted molar refractivity (Wildman–Crippen MR) is 61.3 cm³/mol. The molecule has 0 radical (unpaired) electrons. The van der Waals surface area contributed by atoms with Crippen LogP contribution in [0.5, 0.6) is 0 Å². The number of pyridine rings is 1. The Morgan fingerprint density at radius 3 is 2.71 bits per heavy atom. The van der Waals surface area contributed by atoms with Crippen molar-refractivity contribution >= 4 is 17.3 Å². The Hall–Kier alpha value is -2.01. The number of rotatable bonds is 2. The number of non-ortho nitro benzene ring substituents is 1. The average molecular weight is 253 g/mol. The lowest BCUT2D eigenvalue weighted by Gasteiger charge is -2.05. The van der Waals surface area contributed by atoms with Crippen LogP contribution in [-0.2, 0) is 0 Å². The second kappa shape index (κ2) is 4.47. The van der Waals surface area contributed by atoms with Crippen LogP contribution >= 0.6 is 11.6 Å². The highest BCUT2D eigenvalue weighted by Crippen LogP contribution is 2.32. The first-order valence-electron chi connectivity index (χ1n) is 4.63. The van der Waals surface area contributed by atoms with E-state index in [1.54, 1.807) is 0 Å². The van der Waals surface area contributed by atoms with Crippen molar-refractivity contribution in [3.63, 3.8) is 0 Å². The van der Waals surface area contributed by atoms with Crippen LogP contribution in [0.3, 0.4) is 0 Å². The second-order valence-corrected chi connectivity index (χ2v) is 3.68. The summed E-state index contributed by atoms with van der Waals surface area (Å²) in [5, 5.41) is 10.9. The van der Waals surface area contributed by atoms with Crippen molar-refractivity contribution in [3.05, 3.63) is 57.6 Å². The predicted octanol–water partition coefficient (Wildman–Crippen LogP) is 3.45. The van der Waals surface area contributed by atoms with Crippen LogP contribution in [0.4, 0.5) is 10.1 Å². The van der Waals surface area contributed by atoms with E-state index in [-0.39, 0.29) is 21.8 Å². The molecule has 0 aliphatic rings. The summed E-state index contributed by atoms with van der Waals surface area (Å²) in [7, 11) is 0. The van der Waals surface area contributed by atoms with E-state index >= 15 is 0 Å². The fraction of sp³-hybridized carbons (Fsp3) is 0. The molecule has 0 aliphatic carbocycles. The molecule has 0 spiro atoms. The molecule has 0 fully saturated rings. The van der Waals surface area contributed by atoms with Gasteiger partial charge in [-0.05, 0) is 12.1 Å². The van der Waals surface area contributed by atoms with Crippen LogP contribution in [0.25, 0.3) is 11.1 Å². The van der Waals surface area contributed by atoms with Crippen molar-refractivity contribution < 1.29 is 9.31 Å². The van der Waals surface area contributed by atoms with Crippen molar-refractivity contribution in [1.82, 2.24) is 4.98 Å². The van der Waals surface area contributed by atoms with Gasteiger partial charge in [-0.15, -0.1) is 0 Å². The molecule has 0 N–H and O–H groups in total. The van der Waals surface area contributed by atoms with Crippen LogP contribution in [0.15, 0.2) is 36.7 Å². The highest BCUT2D eigenvalue weighted by atomic mass is 35.5. The summed E-state index contributed by atoms with van der Waals surface area (Å²) in [6.07, 6.45) is 2.43. The second-order valence-electron chi connectivity index (χ2n) is 3.28. The topological polar surface area (TPSA) is 56.0 Å². The van der Waals surface area contributed by atoms with E-state index in [9.17, 15) is 14.5 Å². The highest BCUT2D eigenvalue weighted by molar-refractivity contribution is 6.33. The SMILES string of the molecule is O=[N+]([O-])c1ccc(Cl)c(-c2ccncc2F)c1. The third kappa shape index (κ3) is 2.24. The Balaban J connectivity index is 2.63. The smallest absolute Gasteiger partial charge is 0.262 e. The van der Waals surface area contributed by atoms with E-state index in [1.165, 1.54) is 30.5 Å². The van der Waals surface area contributed by atoms with Gasteiger partial charge in [-0.1, -0.05) is 11.6 Å². The molecule has 86 valence electrons. The van der Waals surface area contributed by atoms with Gasteiger partial charge in [0, 0.05) is 34.5 Å². The Bertz CT molecular complexity index is 589. The molecule has 0 aliphatic heterocycles. The molecule has 0 saturated heterocycles. The molecule has 1 aromatic carbocycles. The first-order valence-corrected chi connectivity index (χ1v) is 5.01. The Kier molecular flexibility index (Phi) is 3.01. The van der Waals surface area contributed by atoms with Crippen molar-refractivity contribution in [2.24, 2.45) is 0 Å². The maximum atomic E-state index is 13.5. The lowest BCUT2D eigenvalue weighted by molar-refractivity contribution is -0.384. The first kappa shape index (κ1) is 11.5. The van der Waals surface area contributed by atoms with Gasteiger partial charge in [0.25, 0.3) is 5.69 Å². The Morgan fingerprint density at radius 2 is 2.06 bits per heavy atom. The normalized spacial score (nSPS) is 10.2. The summed E-state index contributed by atoms with van der Waals surface area (Å²) in [6.45, 7) is 0. The largest absolute Gasteiger partial charge is 0.270 e. The van der Waals surface area contributed by atoms with E-state index in [2.05, 4.69) is 4.98 Å². The van der Waals surface area contributed by atoms with Crippen LogP contribution in [0.1, 0.15) is 0 Å². The molecule has 4 nitrogen and oxygen atoms in total. The molecule has 2 rings (SSSR count). The van der Waals surface area contributed by atoms with E-state index in [4.69, 9.17) is 11.6 Å². The lowest BCUT2D eigenvalue weighted by Crippen LogP contribution is -1.91. The van der Waals surface area contributed by atoms with Crippen LogP contribution in [-0.4, -0.2) is 9.91 Å². The van der Waals surface area contributed by atoms with Gasteiger partial charge in [0.2, 0.25) is 0 Å². The number of nitrogens with zero attached hydrogens (tertiary/aromatic N) is 2. The summed E-state index contributed by atoms with van der Waals surface area (Å²) < 4.78 is 13.5. The lowest BCUT2D eigenvalue weighted by atomic mass is 10.1. The molecular weight excluding hydrogens is 247 g/mol. The minimum absolute atomic E-state index is 0.138. The van der Waals surface area contributed by atoms with E-state index in [0.29, 0.717) is 0 Å². The average Bonchev–Trinajstić information content (AvgIpc) is 2.30. The summed E-state index contributed by atoms with van der Waals surface area (Å²) >= 11 is 5.90. The quantitative estimate of drug-likeness (QED) is 0.608. The monoisotopic (exact) mass is 252 g/mol. The van der Waals surface area contributed by atoms with Gasteiger partial charge in [0.05, 0.1) is 11.1 Å². The third-order valence-corrected chi connectivity index (χ3v) is 2.55. The fourth-order valence-corrected chi connectivity index (χ4v) is 1.65. The van der Waals surface area contributed by atoms with E-state index in [0.717, 1.165) is 6.20 Å². The molecule has 0 saturated carbocycles. The van der Waals surface area contributed by atoms with Gasteiger partial charge >= 0.3 is 0 Å². The van der Waals surface area contributed by atoms with Crippen LogP contribution in [0.2, 0.25) is 5.02 Å². The molecule has 0 bridgehead atoms. The van der Waals surface area contributed by atoms with Crippen molar-refractivity contribution in [2.45, 2.75) is 0 Å². The fourth-order valence-electron chi connectivity index (χ4n) is 1.43. The number of nitro benzene ring substituents is 1. The number of hydrogen-bond acceptors (Lipinski definition) is 3. The van der Waals surface area contributed by atoms with Gasteiger partial charge < -0.3 is 0 Å². The summed E-state index contributed by atoms with van der Waals surface area (Å²) in [6, 6.07) is 5.29. The van der Waals surface area contributed by atoms with Gasteiger partial charge in [0.15, 0.2) is 0 Å². The first-order chi connectivity index (χ1) is 8.09. The molecule has 0 unspecified atom stereocenters. The zero-order valence-electron chi connectivity index (χ0n) is 8.43. The molecule has 0 atom stereocenters. The molecular formula is C11H6ClFN2O2. The van der Waals surface area contributed by atoms with E-state index in [1.807, 2.05) is 0 Å². The Morgan fingerprint density at radius 1 is 1.29 bits per heavy atom. The zero-order valence-corrected chi connectivity index (χ0v) is 9.19. The minimum Gasteiger partial charge on any atom is -0.262 e. The third-order valence-electron chi connectivity index (χ3n) is 2.22. The number of hydrogen-bond donors (Lipinski definition) is 0. The number of aromatic nitrogens is 1. The molecule has 1 heterocycles. The maximum absolute atomic E-state index is 13.5. The van der Waals surface area contributed by atoms with Crippen molar-refractivity contribution in [3.8, 4) is 11.1 Å². The number of benzene rings is 1. The van der Waals surface area contributed by atoms with Crippen molar-refractivity contribution in [2.75, 3.05) is 0 Å². The number of halogens is 2. The number of nitro groups is 1. The standard InChI is InChI=1S/C11H6ClFN2O2/c12-10-2-1-7(15(16)17)5-9(10)8-3-4-14-6-11(8)13/h1-6H. The van der Waals surface area contributed by atoms with Crippen molar-refractivity contribution in [1.29, 1.82) is 0 Å². The molecule has 6 heteroatoms.